The Morgan fingerprint density at radius 3 is 2.55 bits per heavy atom. The lowest BCUT2D eigenvalue weighted by Crippen LogP contribution is -2.41. The van der Waals surface area contributed by atoms with E-state index in [9.17, 15) is 18.0 Å². The van der Waals surface area contributed by atoms with E-state index in [0.717, 1.165) is 0 Å². The molecule has 1 aliphatic heterocycles. The fraction of sp³-hybridized carbons (Fsp3) is 0.222. The molecule has 0 unspecified atom stereocenters. The molecule has 0 spiro atoms. The molecule has 3 rings (SSSR count). The van der Waals surface area contributed by atoms with E-state index in [2.05, 4.69) is 20.3 Å². The third kappa shape index (κ3) is 5.08. The maximum Gasteiger partial charge on any atom is 0.426 e. The molecule has 2 aromatic carbocycles. The van der Waals surface area contributed by atoms with Crippen molar-refractivity contribution in [3.8, 4) is 11.5 Å². The number of sulfonamides is 1. The van der Waals surface area contributed by atoms with Crippen molar-refractivity contribution >= 4 is 27.7 Å². The van der Waals surface area contributed by atoms with E-state index in [0.29, 0.717) is 24.7 Å². The van der Waals surface area contributed by atoms with Gasteiger partial charge in [-0.15, -0.1) is 0 Å². The molecule has 0 saturated carbocycles. The molecule has 0 atom stereocenters. The van der Waals surface area contributed by atoms with Gasteiger partial charge >= 0.3 is 6.09 Å². The lowest BCUT2D eigenvalue weighted by atomic mass is 10.2. The highest BCUT2D eigenvalue weighted by Gasteiger charge is 2.20. The number of fused-ring (bicyclic) bond motifs is 1. The lowest BCUT2D eigenvalue weighted by Gasteiger charge is -2.19. The molecule has 11 heteroatoms. The number of carbonyl (C=O) groups excluding carboxylic acids is 2. The Bertz CT molecular complexity index is 1020. The summed E-state index contributed by atoms with van der Waals surface area (Å²) in [6.45, 7) is 2.51. The van der Waals surface area contributed by atoms with Gasteiger partial charge < -0.3 is 14.2 Å². The number of hydrogen-bond donors (Lipinski definition) is 3. The standard InChI is InChI=1S/C18H19N3O7S/c1-2-26-18(23)20-19-17(22)12-4-3-5-13(10-12)21-29(24,25)14-6-7-15-16(11-14)28-9-8-27-15/h3-7,10-11,21H,2,8-9H2,1H3,(H,19,22)(H,20,23). The van der Waals surface area contributed by atoms with Crippen LogP contribution < -0.4 is 25.0 Å². The van der Waals surface area contributed by atoms with Crippen LogP contribution >= 0.6 is 0 Å². The average molecular weight is 421 g/mol. The van der Waals surface area contributed by atoms with E-state index in [-0.39, 0.29) is 22.8 Å². The summed E-state index contributed by atoms with van der Waals surface area (Å²) in [6.07, 6.45) is -0.809. The zero-order chi connectivity index (χ0) is 20.9. The third-order valence-electron chi connectivity index (χ3n) is 3.75. The molecule has 1 aliphatic rings. The van der Waals surface area contributed by atoms with Crippen molar-refractivity contribution in [1.82, 2.24) is 10.9 Å². The first-order valence-electron chi connectivity index (χ1n) is 8.64. The largest absolute Gasteiger partial charge is 0.486 e. The highest BCUT2D eigenvalue weighted by atomic mass is 32.2. The smallest absolute Gasteiger partial charge is 0.426 e. The van der Waals surface area contributed by atoms with Crippen LogP contribution in [0.4, 0.5) is 10.5 Å². The first kappa shape index (κ1) is 20.3. The van der Waals surface area contributed by atoms with E-state index < -0.39 is 22.0 Å². The van der Waals surface area contributed by atoms with E-state index in [1.54, 1.807) is 6.92 Å². The molecular formula is C18H19N3O7S. The minimum absolute atomic E-state index is 0.0133. The monoisotopic (exact) mass is 421 g/mol. The maximum atomic E-state index is 12.7. The second-order valence-corrected chi connectivity index (χ2v) is 7.47. The summed E-state index contributed by atoms with van der Waals surface area (Å²) in [5.74, 6) is 0.179. The highest BCUT2D eigenvalue weighted by Crippen LogP contribution is 2.32. The molecule has 10 nitrogen and oxygen atoms in total. The third-order valence-corrected chi connectivity index (χ3v) is 5.13. The van der Waals surface area contributed by atoms with Crippen molar-refractivity contribution < 1.29 is 32.2 Å². The van der Waals surface area contributed by atoms with Crippen molar-refractivity contribution in [3.05, 3.63) is 48.0 Å². The number of anilines is 1. The van der Waals surface area contributed by atoms with Crippen LogP contribution in [0.25, 0.3) is 0 Å². The number of carbonyl (C=O) groups is 2. The fourth-order valence-corrected chi connectivity index (χ4v) is 3.54. The summed E-state index contributed by atoms with van der Waals surface area (Å²) >= 11 is 0. The molecule has 0 aromatic heterocycles. The molecular weight excluding hydrogens is 402 g/mol. The molecule has 2 amide bonds. The first-order chi connectivity index (χ1) is 13.9. The van der Waals surface area contributed by atoms with E-state index in [4.69, 9.17) is 9.47 Å². The van der Waals surface area contributed by atoms with Crippen molar-refractivity contribution in [2.24, 2.45) is 0 Å². The normalized spacial score (nSPS) is 12.6. The minimum atomic E-state index is -3.93. The minimum Gasteiger partial charge on any atom is -0.486 e. The van der Waals surface area contributed by atoms with Gasteiger partial charge in [0.15, 0.2) is 11.5 Å². The fourth-order valence-electron chi connectivity index (χ4n) is 2.48. The molecule has 0 bridgehead atoms. The topological polar surface area (TPSA) is 132 Å². The number of rotatable bonds is 5. The summed E-state index contributed by atoms with van der Waals surface area (Å²) in [7, 11) is -3.93. The van der Waals surface area contributed by atoms with Crippen LogP contribution in [-0.2, 0) is 14.8 Å². The molecule has 154 valence electrons. The number of hydrazine groups is 1. The van der Waals surface area contributed by atoms with Crippen molar-refractivity contribution in [2.45, 2.75) is 11.8 Å². The van der Waals surface area contributed by atoms with E-state index in [1.807, 2.05) is 0 Å². The summed E-state index contributed by atoms with van der Waals surface area (Å²) in [5, 5.41) is 0. The molecule has 3 N–H and O–H groups in total. The van der Waals surface area contributed by atoms with Gasteiger partial charge in [-0.25, -0.2) is 18.6 Å². The van der Waals surface area contributed by atoms with Crippen molar-refractivity contribution in [2.75, 3.05) is 24.5 Å². The van der Waals surface area contributed by atoms with Crippen LogP contribution in [0.2, 0.25) is 0 Å². The van der Waals surface area contributed by atoms with Gasteiger partial charge in [-0.05, 0) is 37.3 Å². The number of amides is 2. The Balaban J connectivity index is 1.72. The Hall–Kier alpha value is -3.47. The van der Waals surface area contributed by atoms with Gasteiger partial charge in [0, 0.05) is 17.3 Å². The molecule has 2 aromatic rings. The predicted molar refractivity (Wildman–Crippen MR) is 102 cm³/mol. The Morgan fingerprint density at radius 1 is 1.03 bits per heavy atom. The molecule has 0 fully saturated rings. The van der Waals surface area contributed by atoms with Crippen molar-refractivity contribution in [3.63, 3.8) is 0 Å². The second-order valence-electron chi connectivity index (χ2n) is 5.79. The van der Waals surface area contributed by atoms with Gasteiger partial charge in [0.25, 0.3) is 15.9 Å². The number of nitrogens with one attached hydrogen (secondary N) is 3. The zero-order valence-corrected chi connectivity index (χ0v) is 16.2. The van der Waals surface area contributed by atoms with Crippen molar-refractivity contribution in [1.29, 1.82) is 0 Å². The first-order valence-corrected chi connectivity index (χ1v) is 10.1. The lowest BCUT2D eigenvalue weighted by molar-refractivity contribution is 0.0912. The van der Waals surface area contributed by atoms with Crippen LogP contribution in [0.5, 0.6) is 11.5 Å². The van der Waals surface area contributed by atoms with Crippen LogP contribution in [0.3, 0.4) is 0 Å². The molecule has 0 radical (unpaired) electrons. The number of hydrogen-bond acceptors (Lipinski definition) is 7. The van der Waals surface area contributed by atoms with Crippen LogP contribution in [0, 0.1) is 0 Å². The number of ether oxygens (including phenoxy) is 3. The SMILES string of the molecule is CCOC(=O)NNC(=O)c1cccc(NS(=O)(=O)c2ccc3c(c2)OCCO3)c1. The summed E-state index contributed by atoms with van der Waals surface area (Å²) in [6, 6.07) is 10.1. The second kappa shape index (κ2) is 8.69. The Kier molecular flexibility index (Phi) is 6.07. The van der Waals surface area contributed by atoms with E-state index in [1.165, 1.54) is 42.5 Å². The van der Waals surface area contributed by atoms with Crippen LogP contribution in [0.1, 0.15) is 17.3 Å². The molecule has 29 heavy (non-hydrogen) atoms. The summed E-state index contributed by atoms with van der Waals surface area (Å²) in [4.78, 5) is 23.3. The van der Waals surface area contributed by atoms with Gasteiger partial charge in [0.1, 0.15) is 13.2 Å². The highest BCUT2D eigenvalue weighted by molar-refractivity contribution is 7.92. The van der Waals surface area contributed by atoms with Gasteiger partial charge in [0.2, 0.25) is 0 Å². The van der Waals surface area contributed by atoms with E-state index >= 15 is 0 Å². The Morgan fingerprint density at radius 2 is 1.79 bits per heavy atom. The van der Waals surface area contributed by atoms with Crippen LogP contribution in [0.15, 0.2) is 47.4 Å². The molecule has 1 heterocycles. The average Bonchev–Trinajstić information content (AvgIpc) is 2.71. The quantitative estimate of drug-likeness (QED) is 0.626. The van der Waals surface area contributed by atoms with Gasteiger partial charge in [-0.3, -0.25) is 14.9 Å². The molecule has 0 saturated heterocycles. The van der Waals surface area contributed by atoms with Gasteiger partial charge in [-0.2, -0.15) is 0 Å². The van der Waals surface area contributed by atoms with Gasteiger partial charge in [-0.1, -0.05) is 6.07 Å². The van der Waals surface area contributed by atoms with Crippen LogP contribution in [-0.4, -0.2) is 40.2 Å². The summed E-state index contributed by atoms with van der Waals surface area (Å²) in [5.41, 5.74) is 4.55. The maximum absolute atomic E-state index is 12.7. The zero-order valence-electron chi connectivity index (χ0n) is 15.4. The molecule has 0 aliphatic carbocycles. The number of benzene rings is 2. The summed E-state index contributed by atoms with van der Waals surface area (Å²) < 4.78 is 43.2. The van der Waals surface area contributed by atoms with Gasteiger partial charge in [0.05, 0.1) is 11.5 Å². The predicted octanol–water partition coefficient (Wildman–Crippen LogP) is 1.65. The Labute approximate surface area is 167 Å².